The zero-order valence-electron chi connectivity index (χ0n) is 11.0. The van der Waals surface area contributed by atoms with Crippen molar-refractivity contribution in [3.05, 3.63) is 48.3 Å². The zero-order valence-corrected chi connectivity index (χ0v) is 11.7. The number of aromatic nitrogens is 2. The highest BCUT2D eigenvalue weighted by molar-refractivity contribution is 6.32. The molecular formula is C14H16ClN3O. The normalized spacial score (nSPS) is 12.2. The quantitative estimate of drug-likeness (QED) is 0.806. The van der Waals surface area contributed by atoms with Gasteiger partial charge in [0.25, 0.3) is 0 Å². The van der Waals surface area contributed by atoms with Gasteiger partial charge in [0.15, 0.2) is 0 Å². The fraction of sp³-hybridized carbons (Fsp3) is 0.286. The molecule has 0 bridgehead atoms. The number of carbonyl (C=O) groups excluding carboxylic acids is 1. The molecule has 1 unspecified atom stereocenters. The monoisotopic (exact) mass is 277 g/mol. The molecule has 0 saturated carbocycles. The van der Waals surface area contributed by atoms with Crippen LogP contribution < -0.4 is 4.90 Å². The molecule has 2 rings (SSSR count). The van der Waals surface area contributed by atoms with Crippen LogP contribution in [-0.4, -0.2) is 21.1 Å². The van der Waals surface area contributed by atoms with E-state index in [9.17, 15) is 4.79 Å². The number of benzene rings is 1. The Kier molecular flexibility index (Phi) is 4.22. The van der Waals surface area contributed by atoms with Crippen molar-refractivity contribution < 1.29 is 4.79 Å². The van der Waals surface area contributed by atoms with Crippen molar-refractivity contribution in [2.24, 2.45) is 0 Å². The Morgan fingerprint density at radius 3 is 2.74 bits per heavy atom. The molecule has 4 nitrogen and oxygen atoms in total. The third-order valence-electron chi connectivity index (χ3n) is 2.86. The average Bonchev–Trinajstić information content (AvgIpc) is 2.89. The smallest absolute Gasteiger partial charge is 0.246 e. The van der Waals surface area contributed by atoms with E-state index in [2.05, 4.69) is 5.10 Å². The third kappa shape index (κ3) is 3.15. The van der Waals surface area contributed by atoms with Crippen molar-refractivity contribution >= 4 is 23.2 Å². The minimum Gasteiger partial charge on any atom is -0.291 e. The molecule has 0 aliphatic heterocycles. The minimum absolute atomic E-state index is 0.133. The first-order valence-electron chi connectivity index (χ1n) is 6.08. The van der Waals surface area contributed by atoms with E-state index >= 15 is 0 Å². The van der Waals surface area contributed by atoms with Crippen LogP contribution in [0.4, 0.5) is 5.69 Å². The van der Waals surface area contributed by atoms with Gasteiger partial charge in [0.2, 0.25) is 5.91 Å². The van der Waals surface area contributed by atoms with Crippen LogP contribution in [0.3, 0.4) is 0 Å². The molecule has 1 heterocycles. The van der Waals surface area contributed by atoms with E-state index in [0.29, 0.717) is 6.67 Å². The molecule has 0 spiro atoms. The van der Waals surface area contributed by atoms with Gasteiger partial charge in [-0.3, -0.25) is 14.4 Å². The lowest BCUT2D eigenvalue weighted by Gasteiger charge is -2.25. The largest absolute Gasteiger partial charge is 0.291 e. The number of rotatable bonds is 4. The molecule has 5 heteroatoms. The summed E-state index contributed by atoms with van der Waals surface area (Å²) < 4.78 is 1.70. The fourth-order valence-corrected chi connectivity index (χ4v) is 1.99. The first-order chi connectivity index (χ1) is 9.09. The maximum Gasteiger partial charge on any atom is 0.246 e. The maximum absolute atomic E-state index is 12.3. The Bertz CT molecular complexity index is 552. The summed E-state index contributed by atoms with van der Waals surface area (Å²) in [6.07, 6.45) is 3.50. The van der Waals surface area contributed by atoms with Crippen LogP contribution >= 0.6 is 11.6 Å². The number of anilines is 1. The zero-order chi connectivity index (χ0) is 13.8. The Morgan fingerprint density at radius 2 is 2.16 bits per heavy atom. The number of hydrogen-bond donors (Lipinski definition) is 0. The second-order valence-corrected chi connectivity index (χ2v) is 5.01. The number of para-hydroxylation sites is 1. The van der Waals surface area contributed by atoms with Gasteiger partial charge in [-0.2, -0.15) is 5.10 Å². The van der Waals surface area contributed by atoms with Crippen molar-refractivity contribution in [2.45, 2.75) is 25.9 Å². The summed E-state index contributed by atoms with van der Waals surface area (Å²) in [5, 5.41) is 3.56. The second kappa shape index (κ2) is 5.89. The van der Waals surface area contributed by atoms with Crippen LogP contribution in [0.5, 0.6) is 0 Å². The molecule has 0 N–H and O–H groups in total. The van der Waals surface area contributed by atoms with Crippen molar-refractivity contribution in [1.29, 1.82) is 0 Å². The van der Waals surface area contributed by atoms with E-state index in [4.69, 9.17) is 11.6 Å². The second-order valence-electron chi connectivity index (χ2n) is 4.36. The van der Waals surface area contributed by atoms with Crippen molar-refractivity contribution in [3.63, 3.8) is 0 Å². The van der Waals surface area contributed by atoms with Crippen LogP contribution in [-0.2, 0) is 11.5 Å². The van der Waals surface area contributed by atoms with Gasteiger partial charge in [0.1, 0.15) is 12.0 Å². The predicted molar refractivity (Wildman–Crippen MR) is 76.2 cm³/mol. The fourth-order valence-electron chi connectivity index (χ4n) is 1.87. The molecule has 0 fully saturated rings. The third-order valence-corrected chi connectivity index (χ3v) is 3.04. The standard InChI is InChI=1S/C14H16ClN3O/c1-11-6-3-4-7-13(11)18(14(19)12(2)15)10-17-9-5-8-16-17/h3-9,12H,10H2,1-2H3. The number of halogens is 1. The lowest BCUT2D eigenvalue weighted by molar-refractivity contribution is -0.118. The van der Waals surface area contributed by atoms with E-state index in [1.165, 1.54) is 0 Å². The van der Waals surface area contributed by atoms with Crippen molar-refractivity contribution in [3.8, 4) is 0 Å². The lowest BCUT2D eigenvalue weighted by Crippen LogP contribution is -2.37. The molecule has 1 aromatic heterocycles. The average molecular weight is 278 g/mol. The van der Waals surface area contributed by atoms with Gasteiger partial charge in [-0.05, 0) is 31.5 Å². The molecule has 0 radical (unpaired) electrons. The molecule has 100 valence electrons. The number of alkyl halides is 1. The van der Waals surface area contributed by atoms with Gasteiger partial charge in [0.05, 0.1) is 0 Å². The number of carbonyl (C=O) groups is 1. The van der Waals surface area contributed by atoms with Gasteiger partial charge in [-0.15, -0.1) is 11.6 Å². The summed E-state index contributed by atoms with van der Waals surface area (Å²) in [5.41, 5.74) is 1.89. The summed E-state index contributed by atoms with van der Waals surface area (Å²) in [6.45, 7) is 4.00. The van der Waals surface area contributed by atoms with Gasteiger partial charge < -0.3 is 0 Å². The van der Waals surface area contributed by atoms with Crippen molar-refractivity contribution in [2.75, 3.05) is 4.90 Å². The highest BCUT2D eigenvalue weighted by atomic mass is 35.5. The predicted octanol–water partition coefficient (Wildman–Crippen LogP) is 2.81. The molecule has 19 heavy (non-hydrogen) atoms. The van der Waals surface area contributed by atoms with Crippen LogP contribution in [0, 0.1) is 6.92 Å². The summed E-state index contributed by atoms with van der Waals surface area (Å²) in [7, 11) is 0. The van der Waals surface area contributed by atoms with Crippen molar-refractivity contribution in [1.82, 2.24) is 9.78 Å². The summed E-state index contributed by atoms with van der Waals surface area (Å²) >= 11 is 5.94. The van der Waals surface area contributed by atoms with E-state index < -0.39 is 5.38 Å². The number of aryl methyl sites for hydroxylation is 1. The molecule has 1 aromatic carbocycles. The SMILES string of the molecule is Cc1ccccc1N(Cn1cccn1)C(=O)C(C)Cl. The highest BCUT2D eigenvalue weighted by Gasteiger charge is 2.21. The molecular weight excluding hydrogens is 262 g/mol. The van der Waals surface area contributed by atoms with Crippen LogP contribution in [0.15, 0.2) is 42.7 Å². The first kappa shape index (κ1) is 13.6. The topological polar surface area (TPSA) is 38.1 Å². The lowest BCUT2D eigenvalue weighted by atomic mass is 10.2. The van der Waals surface area contributed by atoms with E-state index in [1.807, 2.05) is 43.5 Å². The van der Waals surface area contributed by atoms with E-state index in [-0.39, 0.29) is 5.91 Å². The van der Waals surface area contributed by atoms with Crippen LogP contribution in [0.2, 0.25) is 0 Å². The van der Waals surface area contributed by atoms with Gasteiger partial charge in [-0.25, -0.2) is 0 Å². The molecule has 0 aliphatic rings. The van der Waals surface area contributed by atoms with Gasteiger partial charge >= 0.3 is 0 Å². The number of hydrogen-bond acceptors (Lipinski definition) is 2. The Balaban J connectivity index is 2.34. The molecule has 0 aliphatic carbocycles. The molecule has 2 aromatic rings. The Hall–Kier alpha value is -1.81. The first-order valence-corrected chi connectivity index (χ1v) is 6.51. The summed E-state index contributed by atoms with van der Waals surface area (Å²) in [5.74, 6) is -0.133. The minimum atomic E-state index is -0.574. The number of amides is 1. The van der Waals surface area contributed by atoms with E-state index in [1.54, 1.807) is 22.7 Å². The molecule has 1 atom stereocenters. The summed E-state index contributed by atoms with van der Waals surface area (Å²) in [6, 6.07) is 9.56. The Labute approximate surface area is 117 Å². The van der Waals surface area contributed by atoms with E-state index in [0.717, 1.165) is 11.3 Å². The number of nitrogens with zero attached hydrogens (tertiary/aromatic N) is 3. The van der Waals surface area contributed by atoms with Crippen LogP contribution in [0.25, 0.3) is 0 Å². The van der Waals surface area contributed by atoms with Gasteiger partial charge in [0, 0.05) is 18.1 Å². The van der Waals surface area contributed by atoms with Gasteiger partial charge in [-0.1, -0.05) is 18.2 Å². The van der Waals surface area contributed by atoms with Crippen LogP contribution in [0.1, 0.15) is 12.5 Å². The maximum atomic E-state index is 12.3. The summed E-state index contributed by atoms with van der Waals surface area (Å²) in [4.78, 5) is 13.9. The molecule has 1 amide bonds. The Morgan fingerprint density at radius 1 is 1.42 bits per heavy atom. The molecule has 0 saturated heterocycles. The highest BCUT2D eigenvalue weighted by Crippen LogP contribution is 2.21.